The first-order valence-corrected chi connectivity index (χ1v) is 7.55. The Kier molecular flexibility index (Phi) is 4.15. The second-order valence-corrected chi connectivity index (χ2v) is 5.82. The number of benzene rings is 2. The third-order valence-corrected chi connectivity index (χ3v) is 4.00. The molecule has 0 atom stereocenters. The molecule has 1 heterocycles. The Balaban J connectivity index is 2.14. The minimum Gasteiger partial charge on any atom is -0.397 e. The van der Waals surface area contributed by atoms with Crippen LogP contribution in [0, 0.1) is 18.6 Å². The van der Waals surface area contributed by atoms with Crippen molar-refractivity contribution >= 4 is 28.8 Å². The van der Waals surface area contributed by atoms with Crippen LogP contribution in [0.2, 0.25) is 5.02 Å². The number of nitrogen functional groups attached to an aromatic ring is 1. The monoisotopic (exact) mass is 348 g/mol. The molecule has 24 heavy (non-hydrogen) atoms. The molecule has 0 aliphatic carbocycles. The van der Waals surface area contributed by atoms with Crippen LogP contribution in [0.15, 0.2) is 36.4 Å². The molecule has 0 bridgehead atoms. The van der Waals surface area contributed by atoms with Gasteiger partial charge in [-0.2, -0.15) is 5.10 Å². The molecule has 3 aromatic rings. The van der Waals surface area contributed by atoms with Crippen molar-refractivity contribution in [3.05, 3.63) is 58.7 Å². The fraction of sp³-hybridized carbons (Fsp3) is 0.118. The van der Waals surface area contributed by atoms with E-state index in [-0.39, 0.29) is 5.02 Å². The Morgan fingerprint density at radius 3 is 2.50 bits per heavy atom. The van der Waals surface area contributed by atoms with Crippen LogP contribution >= 0.6 is 11.6 Å². The molecule has 0 saturated heterocycles. The molecule has 3 rings (SSSR count). The van der Waals surface area contributed by atoms with Crippen LogP contribution in [0.25, 0.3) is 11.1 Å². The van der Waals surface area contributed by atoms with Crippen molar-refractivity contribution in [1.29, 1.82) is 0 Å². The number of hydrogen-bond acceptors (Lipinski definition) is 3. The number of nitrogens with two attached hydrogens (primary N) is 1. The highest BCUT2D eigenvalue weighted by Crippen LogP contribution is 2.38. The van der Waals surface area contributed by atoms with Crippen molar-refractivity contribution in [2.24, 2.45) is 7.05 Å². The molecule has 7 heteroatoms. The summed E-state index contributed by atoms with van der Waals surface area (Å²) in [6.07, 6.45) is 0. The Morgan fingerprint density at radius 1 is 1.12 bits per heavy atom. The van der Waals surface area contributed by atoms with Gasteiger partial charge in [0.05, 0.1) is 22.1 Å². The molecule has 1 aromatic heterocycles. The molecule has 4 nitrogen and oxygen atoms in total. The largest absolute Gasteiger partial charge is 0.397 e. The van der Waals surface area contributed by atoms with E-state index in [1.807, 2.05) is 6.92 Å². The maximum Gasteiger partial charge on any atom is 0.136 e. The van der Waals surface area contributed by atoms with Crippen molar-refractivity contribution in [2.45, 2.75) is 6.92 Å². The summed E-state index contributed by atoms with van der Waals surface area (Å²) in [6.45, 7) is 1.81. The summed E-state index contributed by atoms with van der Waals surface area (Å²) in [7, 11) is 1.74. The minimum atomic E-state index is -0.422. The molecule has 3 N–H and O–H groups in total. The lowest BCUT2D eigenvalue weighted by Crippen LogP contribution is -2.03. The highest BCUT2D eigenvalue weighted by atomic mass is 35.5. The Hall–Kier alpha value is -2.60. The Bertz CT molecular complexity index is 921. The number of nitrogens with zero attached hydrogens (tertiary/aromatic N) is 2. The van der Waals surface area contributed by atoms with Crippen LogP contribution in [-0.2, 0) is 7.05 Å². The van der Waals surface area contributed by atoms with E-state index in [2.05, 4.69) is 10.4 Å². The van der Waals surface area contributed by atoms with Crippen molar-refractivity contribution < 1.29 is 8.78 Å². The van der Waals surface area contributed by atoms with E-state index in [9.17, 15) is 8.78 Å². The number of rotatable bonds is 3. The number of aromatic nitrogens is 2. The second kappa shape index (κ2) is 6.13. The summed E-state index contributed by atoms with van der Waals surface area (Å²) in [5, 5.41) is 7.73. The number of aryl methyl sites for hydroxylation is 2. The average molecular weight is 349 g/mol. The molecule has 0 spiro atoms. The van der Waals surface area contributed by atoms with Crippen LogP contribution < -0.4 is 11.1 Å². The zero-order valence-corrected chi connectivity index (χ0v) is 13.8. The van der Waals surface area contributed by atoms with Gasteiger partial charge in [0.1, 0.15) is 17.5 Å². The molecule has 0 aliphatic heterocycles. The SMILES string of the molecule is Cc1nn(C)c(Nc2cc(F)ccc2N)c1-c1ccc(F)cc1Cl. The molecule has 0 aliphatic rings. The van der Waals surface area contributed by atoms with Crippen LogP contribution in [0.3, 0.4) is 0 Å². The first-order valence-electron chi connectivity index (χ1n) is 7.18. The smallest absolute Gasteiger partial charge is 0.136 e. The van der Waals surface area contributed by atoms with Crippen molar-refractivity contribution in [3.8, 4) is 11.1 Å². The standard InChI is InChI=1S/C17H15ClF2N4/c1-9-16(12-5-3-10(19)7-13(12)18)17(24(2)23-9)22-15-8-11(20)4-6-14(15)21/h3-8,22H,21H2,1-2H3. The van der Waals surface area contributed by atoms with Gasteiger partial charge in [0, 0.05) is 18.2 Å². The zero-order valence-electron chi connectivity index (χ0n) is 13.1. The molecule has 0 amide bonds. The maximum atomic E-state index is 13.5. The number of hydrogen-bond donors (Lipinski definition) is 2. The van der Waals surface area contributed by atoms with Gasteiger partial charge in [-0.05, 0) is 43.3 Å². The molecule has 124 valence electrons. The molecule has 2 aromatic carbocycles. The first kappa shape index (κ1) is 16.3. The lowest BCUT2D eigenvalue weighted by molar-refractivity contribution is 0.628. The van der Waals surface area contributed by atoms with E-state index in [0.717, 1.165) is 0 Å². The highest BCUT2D eigenvalue weighted by molar-refractivity contribution is 6.33. The predicted molar refractivity (Wildman–Crippen MR) is 92.4 cm³/mol. The van der Waals surface area contributed by atoms with Gasteiger partial charge in [0.25, 0.3) is 0 Å². The van der Waals surface area contributed by atoms with Gasteiger partial charge in [0.2, 0.25) is 0 Å². The molecular formula is C17H15ClF2N4. The van der Waals surface area contributed by atoms with Gasteiger partial charge < -0.3 is 11.1 Å². The van der Waals surface area contributed by atoms with Crippen molar-refractivity contribution in [2.75, 3.05) is 11.1 Å². The van der Waals surface area contributed by atoms with E-state index in [1.54, 1.807) is 17.8 Å². The maximum absolute atomic E-state index is 13.5. The molecule has 0 radical (unpaired) electrons. The normalized spacial score (nSPS) is 10.9. The predicted octanol–water partition coefficient (Wildman–Crippen LogP) is 4.65. The Labute approximate surface area is 142 Å². The molecular weight excluding hydrogens is 334 g/mol. The third kappa shape index (κ3) is 2.92. The summed E-state index contributed by atoms with van der Waals surface area (Å²) in [4.78, 5) is 0. The Morgan fingerprint density at radius 2 is 1.79 bits per heavy atom. The summed E-state index contributed by atoms with van der Waals surface area (Å²) in [6, 6.07) is 8.21. The van der Waals surface area contributed by atoms with Crippen LogP contribution in [0.5, 0.6) is 0 Å². The fourth-order valence-corrected chi connectivity index (χ4v) is 2.84. The van der Waals surface area contributed by atoms with E-state index in [0.29, 0.717) is 34.0 Å². The summed E-state index contributed by atoms with van der Waals surface area (Å²) in [5.74, 6) is -0.251. The average Bonchev–Trinajstić information content (AvgIpc) is 2.78. The van der Waals surface area contributed by atoms with E-state index in [4.69, 9.17) is 17.3 Å². The van der Waals surface area contributed by atoms with Crippen LogP contribution in [-0.4, -0.2) is 9.78 Å². The van der Waals surface area contributed by atoms with Crippen molar-refractivity contribution in [1.82, 2.24) is 9.78 Å². The van der Waals surface area contributed by atoms with Crippen molar-refractivity contribution in [3.63, 3.8) is 0 Å². The van der Waals surface area contributed by atoms with Gasteiger partial charge in [0.15, 0.2) is 0 Å². The van der Waals surface area contributed by atoms with Gasteiger partial charge in [-0.3, -0.25) is 4.68 Å². The van der Waals surface area contributed by atoms with Gasteiger partial charge >= 0.3 is 0 Å². The van der Waals surface area contributed by atoms with Crippen LogP contribution in [0.1, 0.15) is 5.69 Å². The van der Waals surface area contributed by atoms with E-state index < -0.39 is 11.6 Å². The zero-order chi connectivity index (χ0) is 17.4. The summed E-state index contributed by atoms with van der Waals surface area (Å²) in [5.41, 5.74) is 8.73. The third-order valence-electron chi connectivity index (χ3n) is 3.69. The topological polar surface area (TPSA) is 55.9 Å². The summed E-state index contributed by atoms with van der Waals surface area (Å²) >= 11 is 6.19. The van der Waals surface area contributed by atoms with Gasteiger partial charge in [-0.25, -0.2) is 8.78 Å². The van der Waals surface area contributed by atoms with Gasteiger partial charge in [-0.15, -0.1) is 0 Å². The fourth-order valence-electron chi connectivity index (χ4n) is 2.58. The van der Waals surface area contributed by atoms with E-state index >= 15 is 0 Å². The lowest BCUT2D eigenvalue weighted by atomic mass is 10.1. The first-order chi connectivity index (χ1) is 11.4. The summed E-state index contributed by atoms with van der Waals surface area (Å²) < 4.78 is 28.4. The number of halogens is 3. The highest BCUT2D eigenvalue weighted by Gasteiger charge is 2.19. The van der Waals surface area contributed by atoms with Gasteiger partial charge in [-0.1, -0.05) is 11.6 Å². The second-order valence-electron chi connectivity index (χ2n) is 5.41. The number of nitrogens with one attached hydrogen (secondary N) is 1. The molecule has 0 unspecified atom stereocenters. The molecule has 0 fully saturated rings. The number of anilines is 3. The quantitative estimate of drug-likeness (QED) is 0.677. The van der Waals surface area contributed by atoms with E-state index in [1.165, 1.54) is 30.3 Å². The minimum absolute atomic E-state index is 0.265. The lowest BCUT2D eigenvalue weighted by Gasteiger charge is -2.13. The van der Waals surface area contributed by atoms with Crippen LogP contribution in [0.4, 0.5) is 26.0 Å². The molecule has 0 saturated carbocycles.